The molecule has 0 amide bonds. The minimum atomic E-state index is 0.333. The van der Waals surface area contributed by atoms with Crippen molar-refractivity contribution in [3.05, 3.63) is 94.4 Å². The summed E-state index contributed by atoms with van der Waals surface area (Å²) >= 11 is 0. The van der Waals surface area contributed by atoms with Gasteiger partial charge in [0.15, 0.2) is 0 Å². The highest BCUT2D eigenvalue weighted by Gasteiger charge is 2.18. The molecule has 0 saturated carbocycles. The summed E-state index contributed by atoms with van der Waals surface area (Å²) < 4.78 is 0. The Morgan fingerprint density at radius 2 is 1.33 bits per heavy atom. The van der Waals surface area contributed by atoms with Crippen LogP contribution in [0.4, 0.5) is 0 Å². The zero-order chi connectivity index (χ0) is 21.1. The van der Waals surface area contributed by atoms with E-state index in [9.17, 15) is 0 Å². The Kier molecular flexibility index (Phi) is 5.71. The van der Waals surface area contributed by atoms with E-state index in [4.69, 9.17) is 5.53 Å². The molecule has 4 heteroatoms. The molecule has 0 unspecified atom stereocenters. The van der Waals surface area contributed by atoms with Crippen LogP contribution < -0.4 is 0 Å². The molecule has 0 aliphatic rings. The smallest absolute Gasteiger partial charge is 0.0517 e. The first-order chi connectivity index (χ1) is 14.6. The molecule has 0 aromatic heterocycles. The van der Waals surface area contributed by atoms with E-state index in [1.54, 1.807) is 0 Å². The molecular weight excluding hydrogens is 368 g/mol. The van der Waals surface area contributed by atoms with E-state index in [0.29, 0.717) is 12.6 Å². The third-order valence-electron chi connectivity index (χ3n) is 5.89. The summed E-state index contributed by atoms with van der Waals surface area (Å²) in [4.78, 5) is 5.37. The molecular formula is C26H26N4. The number of nitrogens with zero attached hydrogens (tertiary/aromatic N) is 4. The second-order valence-electron chi connectivity index (χ2n) is 8.04. The topological polar surface area (TPSA) is 52.0 Å². The average Bonchev–Trinajstić information content (AvgIpc) is 2.77. The number of hydrogen-bond donors (Lipinski definition) is 0. The van der Waals surface area contributed by atoms with Gasteiger partial charge in [0, 0.05) is 17.5 Å². The molecule has 0 fully saturated rings. The van der Waals surface area contributed by atoms with Crippen LogP contribution in [0, 0.1) is 0 Å². The maximum atomic E-state index is 8.96. The molecule has 0 radical (unpaired) electrons. The van der Waals surface area contributed by atoms with Gasteiger partial charge in [-0.15, -0.1) is 0 Å². The molecule has 0 spiro atoms. The first-order valence-corrected chi connectivity index (χ1v) is 10.3. The lowest BCUT2D eigenvalue weighted by atomic mass is 9.87. The summed E-state index contributed by atoms with van der Waals surface area (Å²) in [6, 6.07) is 26.1. The molecule has 4 aromatic carbocycles. The first kappa shape index (κ1) is 20.0. The normalized spacial score (nSPS) is 11.4. The van der Waals surface area contributed by atoms with Crippen LogP contribution in [0.15, 0.2) is 77.9 Å². The van der Waals surface area contributed by atoms with Gasteiger partial charge in [-0.2, -0.15) is 0 Å². The summed E-state index contributed by atoms with van der Waals surface area (Å²) in [6.07, 6.45) is 0. The largest absolute Gasteiger partial charge is 0.300 e. The molecule has 30 heavy (non-hydrogen) atoms. The van der Waals surface area contributed by atoms with Crippen LogP contribution in [0.5, 0.6) is 0 Å². The van der Waals surface area contributed by atoms with Gasteiger partial charge in [-0.05, 0) is 70.2 Å². The summed E-state index contributed by atoms with van der Waals surface area (Å²) in [7, 11) is 2.16. The van der Waals surface area contributed by atoms with Crippen LogP contribution in [0.25, 0.3) is 43.1 Å². The predicted molar refractivity (Wildman–Crippen MR) is 126 cm³/mol. The fourth-order valence-corrected chi connectivity index (χ4v) is 4.05. The van der Waals surface area contributed by atoms with Gasteiger partial charge in [0.2, 0.25) is 0 Å². The van der Waals surface area contributed by atoms with Gasteiger partial charge in [0.25, 0.3) is 0 Å². The number of benzene rings is 4. The minimum Gasteiger partial charge on any atom is -0.300 e. The van der Waals surface area contributed by atoms with Gasteiger partial charge >= 0.3 is 0 Å². The maximum Gasteiger partial charge on any atom is 0.0517 e. The lowest BCUT2D eigenvalue weighted by Crippen LogP contribution is -2.25. The van der Waals surface area contributed by atoms with Crippen LogP contribution >= 0.6 is 0 Å². The van der Waals surface area contributed by atoms with Gasteiger partial charge in [0.1, 0.15) is 0 Å². The van der Waals surface area contributed by atoms with E-state index < -0.39 is 0 Å². The zero-order valence-corrected chi connectivity index (χ0v) is 17.7. The van der Waals surface area contributed by atoms with E-state index in [-0.39, 0.29) is 0 Å². The molecule has 0 aliphatic carbocycles. The van der Waals surface area contributed by atoms with Crippen molar-refractivity contribution in [1.29, 1.82) is 0 Å². The Hall–Kier alpha value is -3.33. The van der Waals surface area contributed by atoms with Gasteiger partial charge in [-0.1, -0.05) is 77.9 Å². The first-order valence-electron chi connectivity index (χ1n) is 10.3. The zero-order valence-electron chi connectivity index (χ0n) is 17.7. The number of rotatable bonds is 6. The predicted octanol–water partition coefficient (Wildman–Crippen LogP) is 7.31. The third-order valence-corrected chi connectivity index (χ3v) is 5.89. The van der Waals surface area contributed by atoms with E-state index >= 15 is 0 Å². The molecule has 150 valence electrons. The van der Waals surface area contributed by atoms with Crippen LogP contribution in [-0.4, -0.2) is 18.0 Å². The van der Waals surface area contributed by atoms with Gasteiger partial charge in [0.05, 0.1) is 6.54 Å². The minimum absolute atomic E-state index is 0.333. The van der Waals surface area contributed by atoms with E-state index in [0.717, 1.165) is 12.1 Å². The Labute approximate surface area is 177 Å². The van der Waals surface area contributed by atoms with Crippen LogP contribution in [0.3, 0.4) is 0 Å². The molecule has 0 saturated heterocycles. The highest BCUT2D eigenvalue weighted by Crippen LogP contribution is 2.40. The van der Waals surface area contributed by atoms with Crippen LogP contribution in [-0.2, 0) is 13.1 Å². The van der Waals surface area contributed by atoms with E-state index in [1.165, 1.54) is 38.2 Å². The van der Waals surface area contributed by atoms with Crippen molar-refractivity contribution in [1.82, 2.24) is 4.90 Å². The number of azide groups is 1. The summed E-state index contributed by atoms with van der Waals surface area (Å²) in [5.74, 6) is 0. The quantitative estimate of drug-likeness (QED) is 0.192. The molecule has 0 aliphatic heterocycles. The molecule has 4 rings (SSSR count). The van der Waals surface area contributed by atoms with Crippen molar-refractivity contribution in [3.63, 3.8) is 0 Å². The Morgan fingerprint density at radius 3 is 1.90 bits per heavy atom. The molecule has 4 nitrogen and oxygen atoms in total. The average molecular weight is 395 g/mol. The monoisotopic (exact) mass is 394 g/mol. The van der Waals surface area contributed by atoms with E-state index in [1.807, 2.05) is 0 Å². The lowest BCUT2D eigenvalue weighted by Gasteiger charge is -2.25. The Morgan fingerprint density at radius 1 is 0.800 bits per heavy atom. The van der Waals surface area contributed by atoms with Crippen molar-refractivity contribution < 1.29 is 0 Å². The summed E-state index contributed by atoms with van der Waals surface area (Å²) in [5, 5.41) is 8.72. The van der Waals surface area contributed by atoms with Crippen LogP contribution in [0.2, 0.25) is 0 Å². The second kappa shape index (κ2) is 8.58. The Balaban J connectivity index is 2.09. The highest BCUT2D eigenvalue weighted by molar-refractivity contribution is 6.07. The van der Waals surface area contributed by atoms with Crippen molar-refractivity contribution in [2.75, 3.05) is 7.05 Å². The summed E-state index contributed by atoms with van der Waals surface area (Å²) in [5.41, 5.74) is 13.7. The molecule has 0 heterocycles. The molecule has 0 N–H and O–H groups in total. The van der Waals surface area contributed by atoms with Crippen molar-refractivity contribution in [2.45, 2.75) is 33.0 Å². The second-order valence-corrected chi connectivity index (χ2v) is 8.04. The molecule has 0 atom stereocenters. The molecule has 0 bridgehead atoms. The van der Waals surface area contributed by atoms with E-state index in [2.05, 4.69) is 109 Å². The van der Waals surface area contributed by atoms with Crippen molar-refractivity contribution in [2.24, 2.45) is 5.11 Å². The van der Waals surface area contributed by atoms with Crippen molar-refractivity contribution >= 4 is 21.5 Å². The fraction of sp³-hybridized carbons (Fsp3) is 0.231. The summed E-state index contributed by atoms with van der Waals surface area (Å²) in [6.45, 7) is 5.61. The van der Waals surface area contributed by atoms with Crippen LogP contribution in [0.1, 0.15) is 25.0 Å². The SMILES string of the molecule is CC(C)N(C)Cc1ccc2ccccc2c1-c1c(CN=[N+]=[N-])ccc2ccccc12. The van der Waals surface area contributed by atoms with Gasteiger partial charge in [-0.3, -0.25) is 4.90 Å². The fourth-order valence-electron chi connectivity index (χ4n) is 4.05. The third kappa shape index (κ3) is 3.76. The number of fused-ring (bicyclic) bond motifs is 2. The van der Waals surface area contributed by atoms with Crippen molar-refractivity contribution in [3.8, 4) is 11.1 Å². The maximum absolute atomic E-state index is 8.96. The van der Waals surface area contributed by atoms with Gasteiger partial charge < -0.3 is 0 Å². The lowest BCUT2D eigenvalue weighted by molar-refractivity contribution is 0.266. The molecule has 4 aromatic rings. The standard InChI is InChI=1S/C26H26N4/c1-18(2)30(3)17-22-15-13-20-9-5-7-11-24(20)26(22)25-21(16-28-29-27)14-12-19-8-4-6-10-23(19)25/h4-15,18H,16-17H2,1-3H3. The Bertz CT molecular complexity index is 1250. The van der Waals surface area contributed by atoms with Gasteiger partial charge in [-0.25, -0.2) is 0 Å². The highest BCUT2D eigenvalue weighted by atomic mass is 15.1. The number of hydrogen-bond acceptors (Lipinski definition) is 2.